The molecule has 1 aliphatic rings. The average Bonchev–Trinajstić information content (AvgIpc) is 3.42. The van der Waals surface area contributed by atoms with Crippen LogP contribution in [0.4, 0.5) is 5.00 Å². The van der Waals surface area contributed by atoms with Gasteiger partial charge in [0.25, 0.3) is 11.5 Å². The van der Waals surface area contributed by atoms with E-state index in [9.17, 15) is 14.9 Å². The topological polar surface area (TPSA) is 87.8 Å². The maximum atomic E-state index is 13.6. The van der Waals surface area contributed by atoms with Crippen LogP contribution in [0.25, 0.3) is 22.4 Å². The molecule has 0 bridgehead atoms. The minimum absolute atomic E-state index is 0.00926. The van der Waals surface area contributed by atoms with Gasteiger partial charge in [-0.05, 0) is 30.4 Å². The summed E-state index contributed by atoms with van der Waals surface area (Å²) in [5, 5.41) is 17.6. The largest absolute Gasteiger partial charge is 0.312 e. The van der Waals surface area contributed by atoms with E-state index in [0.29, 0.717) is 21.8 Å². The lowest BCUT2D eigenvalue weighted by Gasteiger charge is -2.15. The quantitative estimate of drug-likeness (QED) is 0.482. The van der Waals surface area contributed by atoms with Gasteiger partial charge < -0.3 is 5.32 Å². The molecule has 0 saturated carbocycles. The Bertz CT molecular complexity index is 1460. The van der Waals surface area contributed by atoms with E-state index in [-0.39, 0.29) is 5.56 Å². The molecule has 1 N–H and O–H groups in total. The standard InChI is InChI=1S/C26H20N4O2S/c1-30-26(32)22(24(31)28-25-19(15-27)18-13-8-14-20(18)33-25)21(16-9-4-2-5-10-16)23(29-30)17-11-6-3-7-12-17/h2-7,9-12H,8,13-14H2,1H3,(H,28,31). The second kappa shape index (κ2) is 8.49. The average molecular weight is 453 g/mol. The van der Waals surface area contributed by atoms with Crippen molar-refractivity contribution in [1.82, 2.24) is 9.78 Å². The number of anilines is 1. The highest BCUT2D eigenvalue weighted by Gasteiger charge is 2.27. The van der Waals surface area contributed by atoms with Crippen LogP contribution in [0.15, 0.2) is 65.5 Å². The molecule has 0 unspecified atom stereocenters. The predicted octanol–water partition coefficient (Wildman–Crippen LogP) is 4.79. The molecule has 0 atom stereocenters. The summed E-state index contributed by atoms with van der Waals surface area (Å²) in [4.78, 5) is 28.0. The van der Waals surface area contributed by atoms with Crippen molar-refractivity contribution < 1.29 is 4.79 Å². The molecule has 7 heteroatoms. The number of benzene rings is 2. The fourth-order valence-corrected chi connectivity index (χ4v) is 5.54. The first-order valence-corrected chi connectivity index (χ1v) is 11.5. The first-order valence-electron chi connectivity index (χ1n) is 10.7. The minimum Gasteiger partial charge on any atom is -0.312 e. The lowest BCUT2D eigenvalue weighted by Crippen LogP contribution is -2.31. The summed E-state index contributed by atoms with van der Waals surface area (Å²) in [7, 11) is 1.54. The van der Waals surface area contributed by atoms with Crippen LogP contribution in [0.5, 0.6) is 0 Å². The van der Waals surface area contributed by atoms with E-state index in [1.54, 1.807) is 7.05 Å². The summed E-state index contributed by atoms with van der Waals surface area (Å²) < 4.78 is 1.20. The minimum atomic E-state index is -0.537. The maximum Gasteiger partial charge on any atom is 0.280 e. The van der Waals surface area contributed by atoms with Crippen LogP contribution >= 0.6 is 11.3 Å². The van der Waals surface area contributed by atoms with Gasteiger partial charge in [-0.3, -0.25) is 9.59 Å². The molecule has 4 aromatic rings. The van der Waals surface area contributed by atoms with Gasteiger partial charge in [0.2, 0.25) is 0 Å². The summed E-state index contributed by atoms with van der Waals surface area (Å²) in [6, 6.07) is 21.1. The van der Waals surface area contributed by atoms with E-state index in [1.807, 2.05) is 60.7 Å². The Hall–Kier alpha value is -4.02. The predicted molar refractivity (Wildman–Crippen MR) is 129 cm³/mol. The molecule has 1 amide bonds. The normalized spacial score (nSPS) is 12.2. The second-order valence-electron chi connectivity index (χ2n) is 7.89. The molecule has 2 aromatic carbocycles. The number of amides is 1. The van der Waals surface area contributed by atoms with Crippen molar-refractivity contribution in [2.75, 3.05) is 5.32 Å². The van der Waals surface area contributed by atoms with E-state index >= 15 is 0 Å². The monoisotopic (exact) mass is 452 g/mol. The summed E-state index contributed by atoms with van der Waals surface area (Å²) in [5.74, 6) is -0.537. The molecule has 2 aromatic heterocycles. The Morgan fingerprint density at radius 2 is 1.73 bits per heavy atom. The molecule has 0 saturated heterocycles. The van der Waals surface area contributed by atoms with Gasteiger partial charge in [-0.2, -0.15) is 10.4 Å². The highest BCUT2D eigenvalue weighted by Crippen LogP contribution is 2.39. The maximum absolute atomic E-state index is 13.6. The number of thiophene rings is 1. The number of aromatic nitrogens is 2. The third kappa shape index (κ3) is 3.65. The van der Waals surface area contributed by atoms with Crippen molar-refractivity contribution in [3.63, 3.8) is 0 Å². The van der Waals surface area contributed by atoms with Crippen LogP contribution in [0.1, 0.15) is 32.8 Å². The van der Waals surface area contributed by atoms with Gasteiger partial charge in [-0.15, -0.1) is 11.3 Å². The van der Waals surface area contributed by atoms with Crippen LogP contribution in [0.3, 0.4) is 0 Å². The van der Waals surface area contributed by atoms with Gasteiger partial charge in [0.1, 0.15) is 16.6 Å². The van der Waals surface area contributed by atoms with Crippen LogP contribution in [-0.2, 0) is 19.9 Å². The zero-order chi connectivity index (χ0) is 22.9. The zero-order valence-electron chi connectivity index (χ0n) is 18.0. The third-order valence-corrected chi connectivity index (χ3v) is 7.05. The smallest absolute Gasteiger partial charge is 0.280 e. The van der Waals surface area contributed by atoms with Crippen LogP contribution in [0.2, 0.25) is 0 Å². The number of fused-ring (bicyclic) bond motifs is 1. The van der Waals surface area contributed by atoms with Crippen molar-refractivity contribution in [1.29, 1.82) is 5.26 Å². The number of carbonyl (C=O) groups is 1. The fraction of sp³-hybridized carbons (Fsp3) is 0.154. The first-order chi connectivity index (χ1) is 16.1. The molecule has 2 heterocycles. The number of nitrogens with one attached hydrogen (secondary N) is 1. The molecule has 6 nitrogen and oxygen atoms in total. The number of hydrogen-bond donors (Lipinski definition) is 1. The van der Waals surface area contributed by atoms with Crippen LogP contribution in [0, 0.1) is 11.3 Å². The molecular formula is C26H20N4O2S. The highest BCUT2D eigenvalue weighted by atomic mass is 32.1. The van der Waals surface area contributed by atoms with E-state index in [4.69, 9.17) is 0 Å². The summed E-state index contributed by atoms with van der Waals surface area (Å²) in [6.45, 7) is 0. The summed E-state index contributed by atoms with van der Waals surface area (Å²) in [6.07, 6.45) is 2.78. The van der Waals surface area contributed by atoms with Gasteiger partial charge in [0, 0.05) is 23.1 Å². The molecule has 162 valence electrons. The summed E-state index contributed by atoms with van der Waals surface area (Å²) >= 11 is 1.43. The molecule has 33 heavy (non-hydrogen) atoms. The number of carbonyl (C=O) groups excluding carboxylic acids is 1. The second-order valence-corrected chi connectivity index (χ2v) is 8.99. The molecule has 0 fully saturated rings. The van der Waals surface area contributed by atoms with Gasteiger partial charge >= 0.3 is 0 Å². The molecule has 1 aliphatic carbocycles. The van der Waals surface area contributed by atoms with E-state index in [2.05, 4.69) is 16.5 Å². The fourth-order valence-electron chi connectivity index (χ4n) is 4.30. The Labute approximate surface area is 194 Å². The van der Waals surface area contributed by atoms with Gasteiger partial charge in [0.05, 0.1) is 11.3 Å². The van der Waals surface area contributed by atoms with E-state index in [0.717, 1.165) is 40.8 Å². The van der Waals surface area contributed by atoms with Crippen LogP contribution in [-0.4, -0.2) is 15.7 Å². The Morgan fingerprint density at radius 1 is 1.06 bits per heavy atom. The van der Waals surface area contributed by atoms with Crippen molar-refractivity contribution in [3.05, 3.63) is 92.6 Å². The molecule has 0 spiro atoms. The first kappa shape index (κ1) is 20.9. The van der Waals surface area contributed by atoms with Crippen molar-refractivity contribution in [2.45, 2.75) is 19.3 Å². The van der Waals surface area contributed by atoms with Crippen molar-refractivity contribution in [3.8, 4) is 28.5 Å². The van der Waals surface area contributed by atoms with Gasteiger partial charge in [0.15, 0.2) is 0 Å². The third-order valence-electron chi connectivity index (χ3n) is 5.84. The number of nitriles is 1. The number of hydrogen-bond acceptors (Lipinski definition) is 5. The van der Waals surface area contributed by atoms with E-state index < -0.39 is 11.5 Å². The molecular weight excluding hydrogens is 432 g/mol. The molecule has 0 aliphatic heterocycles. The SMILES string of the molecule is Cn1nc(-c2ccccc2)c(-c2ccccc2)c(C(=O)Nc2sc3c(c2C#N)CCC3)c1=O. The number of aryl methyl sites for hydroxylation is 2. The van der Waals surface area contributed by atoms with Crippen LogP contribution < -0.4 is 10.9 Å². The Morgan fingerprint density at radius 3 is 2.39 bits per heavy atom. The highest BCUT2D eigenvalue weighted by molar-refractivity contribution is 7.16. The molecule has 0 radical (unpaired) electrons. The number of rotatable bonds is 4. The lowest BCUT2D eigenvalue weighted by atomic mass is 9.95. The Kier molecular flexibility index (Phi) is 5.37. The number of nitrogens with zero attached hydrogens (tertiary/aromatic N) is 3. The van der Waals surface area contributed by atoms with Gasteiger partial charge in [-0.25, -0.2) is 4.68 Å². The summed E-state index contributed by atoms with van der Waals surface area (Å²) in [5.41, 5.74) is 3.59. The molecule has 5 rings (SSSR count). The van der Waals surface area contributed by atoms with Crippen molar-refractivity contribution in [2.24, 2.45) is 7.05 Å². The van der Waals surface area contributed by atoms with E-state index in [1.165, 1.54) is 16.0 Å². The lowest BCUT2D eigenvalue weighted by molar-refractivity contribution is 0.102. The van der Waals surface area contributed by atoms with Crippen molar-refractivity contribution >= 4 is 22.2 Å². The zero-order valence-corrected chi connectivity index (χ0v) is 18.8. The van der Waals surface area contributed by atoms with Gasteiger partial charge in [-0.1, -0.05) is 60.7 Å². The Balaban J connectivity index is 1.71.